The van der Waals surface area contributed by atoms with Gasteiger partial charge in [0.1, 0.15) is 0 Å². The molecule has 4 heteroatoms. The third-order valence-electron chi connectivity index (χ3n) is 1.40. The number of rotatable bonds is 2. The minimum absolute atomic E-state index is 0.0120. The van der Waals surface area contributed by atoms with Gasteiger partial charge >= 0.3 is 0 Å². The number of aryl methyl sites for hydroxylation is 1. The number of hydrogen-bond donors (Lipinski definition) is 1. The topological polar surface area (TPSA) is 46.9 Å². The molecule has 1 N–H and O–H groups in total. The van der Waals surface area contributed by atoms with E-state index < -0.39 is 0 Å². The Hall–Kier alpha value is -1.32. The Labute approximate surface area is 65.2 Å². The summed E-state index contributed by atoms with van der Waals surface area (Å²) in [6, 6.07) is 0. The average Bonchev–Trinajstić information content (AvgIpc) is 2.35. The number of nitrogens with one attached hydrogen (secondary N) is 1. The highest BCUT2D eigenvalue weighted by atomic mass is 16.1. The molecular weight excluding hydrogens is 142 g/mol. The van der Waals surface area contributed by atoms with E-state index in [4.69, 9.17) is 0 Å². The van der Waals surface area contributed by atoms with E-state index >= 15 is 0 Å². The fourth-order valence-corrected chi connectivity index (χ4v) is 0.837. The molecule has 0 aliphatic heterocycles. The largest absolute Gasteiger partial charge is 0.359 e. The quantitative estimate of drug-likeness (QED) is 0.634. The van der Waals surface area contributed by atoms with Crippen LogP contribution in [0.2, 0.25) is 0 Å². The second-order valence-corrected chi connectivity index (χ2v) is 2.37. The number of hydrogen-bond acceptors (Lipinski definition) is 2. The molecular formula is C7H11N3O. The van der Waals surface area contributed by atoms with Crippen molar-refractivity contribution in [1.29, 1.82) is 0 Å². The molecule has 0 aliphatic carbocycles. The van der Waals surface area contributed by atoms with Gasteiger partial charge in [-0.3, -0.25) is 9.48 Å². The zero-order chi connectivity index (χ0) is 8.27. The van der Waals surface area contributed by atoms with Gasteiger partial charge in [-0.25, -0.2) is 0 Å². The molecule has 1 aromatic heterocycles. The molecule has 0 radical (unpaired) electrons. The second-order valence-electron chi connectivity index (χ2n) is 2.37. The van der Waals surface area contributed by atoms with Crippen molar-refractivity contribution in [3.63, 3.8) is 0 Å². The first-order valence-corrected chi connectivity index (χ1v) is 3.40. The minimum Gasteiger partial charge on any atom is -0.359 e. The normalized spacial score (nSPS) is 9.64. The Bertz CT molecular complexity index is 254. The lowest BCUT2D eigenvalue weighted by molar-refractivity contribution is -0.119. The van der Waals surface area contributed by atoms with E-state index in [0.29, 0.717) is 6.42 Å². The van der Waals surface area contributed by atoms with Crippen LogP contribution in [0.5, 0.6) is 0 Å². The van der Waals surface area contributed by atoms with E-state index in [9.17, 15) is 4.79 Å². The molecule has 0 saturated carbocycles. The molecule has 4 nitrogen and oxygen atoms in total. The van der Waals surface area contributed by atoms with Crippen LogP contribution in [0.1, 0.15) is 5.56 Å². The summed E-state index contributed by atoms with van der Waals surface area (Å²) in [7, 11) is 3.45. The van der Waals surface area contributed by atoms with E-state index in [1.807, 2.05) is 13.2 Å². The predicted octanol–water partition coefficient (Wildman–Crippen LogP) is -0.291. The Kier molecular flexibility index (Phi) is 2.25. The number of nitrogens with zero attached hydrogens (tertiary/aromatic N) is 2. The summed E-state index contributed by atoms with van der Waals surface area (Å²) in [6.07, 6.45) is 3.93. The first-order chi connectivity index (χ1) is 5.22. The summed E-state index contributed by atoms with van der Waals surface area (Å²) in [4.78, 5) is 10.8. The summed E-state index contributed by atoms with van der Waals surface area (Å²) in [5.74, 6) is 0.0120. The highest BCUT2D eigenvalue weighted by molar-refractivity contribution is 5.77. The molecule has 1 heterocycles. The van der Waals surface area contributed by atoms with Crippen LogP contribution in [0.25, 0.3) is 0 Å². The number of amides is 1. The first kappa shape index (κ1) is 7.78. The summed E-state index contributed by atoms with van der Waals surface area (Å²) < 4.78 is 1.68. The van der Waals surface area contributed by atoms with Crippen LogP contribution < -0.4 is 5.32 Å². The Balaban J connectivity index is 2.57. The lowest BCUT2D eigenvalue weighted by atomic mass is 10.2. The van der Waals surface area contributed by atoms with Crippen molar-refractivity contribution in [3.05, 3.63) is 18.0 Å². The van der Waals surface area contributed by atoms with Crippen molar-refractivity contribution in [2.75, 3.05) is 7.05 Å². The van der Waals surface area contributed by atoms with Crippen LogP contribution >= 0.6 is 0 Å². The van der Waals surface area contributed by atoms with Crippen LogP contribution in [0.4, 0.5) is 0 Å². The van der Waals surface area contributed by atoms with Crippen LogP contribution in [0.3, 0.4) is 0 Å². The van der Waals surface area contributed by atoms with E-state index in [-0.39, 0.29) is 5.91 Å². The summed E-state index contributed by atoms with van der Waals surface area (Å²) in [6.45, 7) is 0. The van der Waals surface area contributed by atoms with Gasteiger partial charge in [0.05, 0.1) is 12.6 Å². The maximum absolute atomic E-state index is 10.8. The van der Waals surface area contributed by atoms with Crippen LogP contribution in [-0.4, -0.2) is 22.7 Å². The van der Waals surface area contributed by atoms with Gasteiger partial charge in [-0.1, -0.05) is 0 Å². The minimum atomic E-state index is 0.0120. The number of carbonyl (C=O) groups excluding carboxylic acids is 1. The van der Waals surface area contributed by atoms with E-state index in [1.165, 1.54) is 0 Å². The maximum Gasteiger partial charge on any atom is 0.224 e. The highest BCUT2D eigenvalue weighted by Gasteiger charge is 2.01. The van der Waals surface area contributed by atoms with Crippen molar-refractivity contribution >= 4 is 5.91 Å². The molecule has 1 aromatic rings. The first-order valence-electron chi connectivity index (χ1n) is 3.40. The monoisotopic (exact) mass is 153 g/mol. The predicted molar refractivity (Wildman–Crippen MR) is 41.0 cm³/mol. The van der Waals surface area contributed by atoms with Crippen molar-refractivity contribution in [1.82, 2.24) is 15.1 Å². The molecule has 1 amide bonds. The number of likely N-dealkylation sites (N-methyl/N-ethyl adjacent to an activating group) is 1. The third-order valence-corrected chi connectivity index (χ3v) is 1.40. The van der Waals surface area contributed by atoms with Crippen molar-refractivity contribution < 1.29 is 4.79 Å². The van der Waals surface area contributed by atoms with E-state index in [1.54, 1.807) is 17.9 Å². The third kappa shape index (κ3) is 2.07. The molecule has 11 heavy (non-hydrogen) atoms. The van der Waals surface area contributed by atoms with Gasteiger partial charge in [0, 0.05) is 20.3 Å². The smallest absolute Gasteiger partial charge is 0.224 e. The zero-order valence-electron chi connectivity index (χ0n) is 6.66. The van der Waals surface area contributed by atoms with Gasteiger partial charge in [-0.15, -0.1) is 0 Å². The van der Waals surface area contributed by atoms with Gasteiger partial charge in [0.25, 0.3) is 0 Å². The summed E-state index contributed by atoms with van der Waals surface area (Å²) in [5.41, 5.74) is 0.937. The van der Waals surface area contributed by atoms with Crippen LogP contribution in [-0.2, 0) is 18.3 Å². The maximum atomic E-state index is 10.8. The number of aromatic nitrogens is 2. The molecule has 0 unspecified atom stereocenters. The second kappa shape index (κ2) is 3.18. The van der Waals surface area contributed by atoms with Crippen molar-refractivity contribution in [2.24, 2.45) is 7.05 Å². The highest BCUT2D eigenvalue weighted by Crippen LogP contribution is 1.96. The Morgan fingerprint density at radius 1 is 1.82 bits per heavy atom. The standard InChI is InChI=1S/C7H11N3O/c1-8-7(11)3-6-4-9-10(2)5-6/h4-5H,3H2,1-2H3,(H,8,11). The fourth-order valence-electron chi connectivity index (χ4n) is 0.837. The van der Waals surface area contributed by atoms with Crippen LogP contribution in [0.15, 0.2) is 12.4 Å². The van der Waals surface area contributed by atoms with E-state index in [0.717, 1.165) is 5.56 Å². The fraction of sp³-hybridized carbons (Fsp3) is 0.429. The summed E-state index contributed by atoms with van der Waals surface area (Å²) in [5, 5.41) is 6.49. The van der Waals surface area contributed by atoms with Gasteiger partial charge < -0.3 is 5.32 Å². The Morgan fingerprint density at radius 3 is 3.00 bits per heavy atom. The lowest BCUT2D eigenvalue weighted by Gasteiger charge is -1.93. The van der Waals surface area contributed by atoms with Gasteiger partial charge in [0.2, 0.25) is 5.91 Å². The van der Waals surface area contributed by atoms with Gasteiger partial charge in [-0.2, -0.15) is 5.10 Å². The SMILES string of the molecule is CNC(=O)Cc1cnn(C)c1. The zero-order valence-corrected chi connectivity index (χ0v) is 6.66. The molecule has 0 spiro atoms. The molecule has 0 bridgehead atoms. The number of carbonyl (C=O) groups is 1. The van der Waals surface area contributed by atoms with Crippen molar-refractivity contribution in [3.8, 4) is 0 Å². The van der Waals surface area contributed by atoms with Crippen molar-refractivity contribution in [2.45, 2.75) is 6.42 Å². The molecule has 1 rings (SSSR count). The van der Waals surface area contributed by atoms with Gasteiger partial charge in [-0.05, 0) is 5.56 Å². The van der Waals surface area contributed by atoms with E-state index in [2.05, 4.69) is 10.4 Å². The molecule has 0 fully saturated rings. The summed E-state index contributed by atoms with van der Waals surface area (Å²) >= 11 is 0. The average molecular weight is 153 g/mol. The Morgan fingerprint density at radius 2 is 2.55 bits per heavy atom. The molecule has 0 atom stereocenters. The van der Waals surface area contributed by atoms with Crippen LogP contribution in [0, 0.1) is 0 Å². The van der Waals surface area contributed by atoms with Gasteiger partial charge in [0.15, 0.2) is 0 Å². The lowest BCUT2D eigenvalue weighted by Crippen LogP contribution is -2.19. The molecule has 60 valence electrons. The molecule has 0 aliphatic rings. The molecule has 0 saturated heterocycles. The molecule has 0 aromatic carbocycles.